The average Bonchev–Trinajstić information content (AvgIpc) is 2.81. The zero-order valence-corrected chi connectivity index (χ0v) is 21.8. The minimum atomic E-state index is -1.35. The van der Waals surface area contributed by atoms with Crippen LogP contribution in [0.15, 0.2) is 48.5 Å². The number of carbonyl (C=O) groups is 2. The van der Waals surface area contributed by atoms with Crippen LogP contribution in [-0.2, 0) is 31.7 Å². The van der Waals surface area contributed by atoms with Crippen molar-refractivity contribution in [1.82, 2.24) is 4.67 Å². The smallest absolute Gasteiger partial charge is 0.338 e. The third-order valence-corrected chi connectivity index (χ3v) is 6.86. The molecular weight excluding hydrogens is 453 g/mol. The summed E-state index contributed by atoms with van der Waals surface area (Å²) in [5, 5.41) is 0. The summed E-state index contributed by atoms with van der Waals surface area (Å²) in [4.78, 5) is 23.7. The number of hydrogen-bond acceptors (Lipinski definition) is 7. The molecule has 0 aliphatic heterocycles. The van der Waals surface area contributed by atoms with Gasteiger partial charge in [0.2, 0.25) is 0 Å². The second kappa shape index (κ2) is 14.2. The molecule has 0 atom stereocenters. The Bertz CT molecular complexity index is 825. The number of hydrogen-bond donors (Lipinski definition) is 0. The van der Waals surface area contributed by atoms with Crippen LogP contribution in [0.4, 0.5) is 0 Å². The van der Waals surface area contributed by atoms with Crippen LogP contribution in [-0.4, -0.2) is 41.9 Å². The Morgan fingerprint density at radius 1 is 0.706 bits per heavy atom. The Kier molecular flexibility index (Phi) is 11.6. The van der Waals surface area contributed by atoms with E-state index in [1.165, 1.54) is 0 Å². The summed E-state index contributed by atoms with van der Waals surface area (Å²) < 4.78 is 24.8. The summed E-state index contributed by atoms with van der Waals surface area (Å²) in [5.74, 6) is -0.666. The molecule has 0 unspecified atom stereocenters. The van der Waals surface area contributed by atoms with Crippen molar-refractivity contribution in [2.75, 3.05) is 13.2 Å². The molecule has 0 amide bonds. The molecule has 2 rings (SSSR count). The molecule has 0 radical (unpaired) electrons. The quantitative estimate of drug-likeness (QED) is 0.248. The van der Waals surface area contributed by atoms with Crippen molar-refractivity contribution in [3.63, 3.8) is 0 Å². The molecule has 0 N–H and O–H groups in total. The molecule has 0 saturated heterocycles. The van der Waals surface area contributed by atoms with Gasteiger partial charge in [0.1, 0.15) is 0 Å². The Hall–Kier alpha value is -2.31. The maximum Gasteiger partial charge on any atom is 0.338 e. The summed E-state index contributed by atoms with van der Waals surface area (Å²) in [6, 6.07) is 14.9. The topological polar surface area (TPSA) is 74.3 Å². The molecule has 0 spiro atoms. The van der Waals surface area contributed by atoms with E-state index in [1.54, 1.807) is 38.1 Å². The van der Waals surface area contributed by atoms with Gasteiger partial charge in [0, 0.05) is 12.1 Å². The summed E-state index contributed by atoms with van der Waals surface area (Å²) in [5.41, 5.74) is 2.91. The van der Waals surface area contributed by atoms with Gasteiger partial charge in [0.15, 0.2) is 0 Å². The van der Waals surface area contributed by atoms with Crippen molar-refractivity contribution in [2.24, 2.45) is 0 Å². The molecule has 0 bridgehead atoms. The molecule has 0 aromatic heterocycles. The summed E-state index contributed by atoms with van der Waals surface area (Å²) >= 11 is 0. The molecule has 7 nitrogen and oxygen atoms in total. The Balaban J connectivity index is 2.07. The van der Waals surface area contributed by atoms with Crippen molar-refractivity contribution in [3.05, 3.63) is 70.8 Å². The van der Waals surface area contributed by atoms with Crippen molar-refractivity contribution < 1.29 is 28.1 Å². The first-order chi connectivity index (χ1) is 16.3. The van der Waals surface area contributed by atoms with Gasteiger partial charge >= 0.3 is 11.9 Å². The van der Waals surface area contributed by atoms with Crippen molar-refractivity contribution in [1.29, 1.82) is 0 Å². The number of nitrogens with zero attached hydrogens (tertiary/aromatic N) is 1. The lowest BCUT2D eigenvalue weighted by molar-refractivity contribution is 0.0516. The Morgan fingerprint density at radius 2 is 1.06 bits per heavy atom. The van der Waals surface area contributed by atoms with E-state index in [-0.39, 0.29) is 24.0 Å². The summed E-state index contributed by atoms with van der Waals surface area (Å²) in [7, 11) is -1.35. The second-order valence-electron chi connectivity index (χ2n) is 8.19. The van der Waals surface area contributed by atoms with Gasteiger partial charge in [-0.1, -0.05) is 24.3 Å². The second-order valence-corrected chi connectivity index (χ2v) is 9.64. The van der Waals surface area contributed by atoms with Crippen LogP contribution in [0.5, 0.6) is 0 Å². The van der Waals surface area contributed by atoms with E-state index in [2.05, 4.69) is 32.4 Å². The lowest BCUT2D eigenvalue weighted by Gasteiger charge is -2.35. The molecule has 0 aliphatic rings. The molecular formula is C26H36NO6P. The van der Waals surface area contributed by atoms with E-state index in [0.29, 0.717) is 37.6 Å². The van der Waals surface area contributed by atoms with E-state index in [9.17, 15) is 9.59 Å². The third kappa shape index (κ3) is 8.48. The standard InChI is InChI=1S/C26H36NO6P/c1-7-30-25(28)23-13-9-21(10-14-23)17-32-34(27(19(3)4)20(5)6)33-18-22-11-15-24(16-12-22)26(29)31-8-2/h9-16,19-20H,7-8,17-18H2,1-6H3. The molecule has 2 aromatic carbocycles. The van der Waals surface area contributed by atoms with Gasteiger partial charge in [-0.05, 0) is 76.9 Å². The van der Waals surface area contributed by atoms with E-state index in [4.69, 9.17) is 18.5 Å². The van der Waals surface area contributed by atoms with Crippen LogP contribution < -0.4 is 0 Å². The van der Waals surface area contributed by atoms with E-state index in [1.807, 2.05) is 24.3 Å². The van der Waals surface area contributed by atoms with Crippen LogP contribution in [0, 0.1) is 0 Å². The third-order valence-electron chi connectivity index (χ3n) is 4.86. The van der Waals surface area contributed by atoms with E-state index < -0.39 is 8.53 Å². The zero-order valence-electron chi connectivity index (χ0n) is 20.9. The first-order valence-electron chi connectivity index (χ1n) is 11.6. The molecule has 0 saturated carbocycles. The number of rotatable bonds is 13. The molecule has 2 aromatic rings. The highest BCUT2D eigenvalue weighted by atomic mass is 31.2. The first kappa shape index (κ1) is 27.9. The van der Waals surface area contributed by atoms with Gasteiger partial charge in [0.05, 0.1) is 37.6 Å². The van der Waals surface area contributed by atoms with Gasteiger partial charge in [0.25, 0.3) is 8.53 Å². The molecule has 34 heavy (non-hydrogen) atoms. The highest BCUT2D eigenvalue weighted by Crippen LogP contribution is 2.47. The fourth-order valence-electron chi connectivity index (χ4n) is 3.31. The largest absolute Gasteiger partial charge is 0.462 e. The zero-order chi connectivity index (χ0) is 25.1. The Labute approximate surface area is 204 Å². The lowest BCUT2D eigenvalue weighted by Crippen LogP contribution is -2.33. The SMILES string of the molecule is CCOC(=O)c1ccc(COP(OCc2ccc(C(=O)OCC)cc2)N(C(C)C)C(C)C)cc1. The van der Waals surface area contributed by atoms with Crippen molar-refractivity contribution in [2.45, 2.75) is 66.8 Å². The number of carbonyl (C=O) groups excluding carboxylic acids is 2. The van der Waals surface area contributed by atoms with Gasteiger partial charge < -0.3 is 18.5 Å². The van der Waals surface area contributed by atoms with Crippen LogP contribution in [0.2, 0.25) is 0 Å². The van der Waals surface area contributed by atoms with Crippen LogP contribution in [0.1, 0.15) is 73.4 Å². The molecule has 0 aliphatic carbocycles. The molecule has 0 fully saturated rings. The van der Waals surface area contributed by atoms with Crippen LogP contribution >= 0.6 is 8.53 Å². The summed E-state index contributed by atoms with van der Waals surface area (Å²) in [6.07, 6.45) is 0. The van der Waals surface area contributed by atoms with Crippen LogP contribution in [0.25, 0.3) is 0 Å². The van der Waals surface area contributed by atoms with Gasteiger partial charge in [-0.2, -0.15) is 0 Å². The van der Waals surface area contributed by atoms with Gasteiger partial charge in [-0.15, -0.1) is 0 Å². The normalized spacial score (nSPS) is 11.5. The fourth-order valence-corrected chi connectivity index (χ4v) is 4.92. The maximum atomic E-state index is 11.9. The molecule has 8 heteroatoms. The monoisotopic (exact) mass is 489 g/mol. The summed E-state index contributed by atoms with van der Waals surface area (Å²) in [6.45, 7) is 13.4. The highest BCUT2D eigenvalue weighted by molar-refractivity contribution is 7.44. The number of benzene rings is 2. The van der Waals surface area contributed by atoms with E-state index >= 15 is 0 Å². The van der Waals surface area contributed by atoms with E-state index in [0.717, 1.165) is 11.1 Å². The number of esters is 2. The van der Waals surface area contributed by atoms with Crippen LogP contribution in [0.3, 0.4) is 0 Å². The molecule has 0 heterocycles. The minimum Gasteiger partial charge on any atom is -0.462 e. The van der Waals surface area contributed by atoms with Crippen molar-refractivity contribution in [3.8, 4) is 0 Å². The van der Waals surface area contributed by atoms with Gasteiger partial charge in [-0.25, -0.2) is 14.3 Å². The average molecular weight is 490 g/mol. The van der Waals surface area contributed by atoms with Crippen molar-refractivity contribution >= 4 is 20.5 Å². The first-order valence-corrected chi connectivity index (χ1v) is 12.8. The molecule has 186 valence electrons. The minimum absolute atomic E-state index is 0.225. The maximum absolute atomic E-state index is 11.9. The fraction of sp³-hybridized carbons (Fsp3) is 0.462. The van der Waals surface area contributed by atoms with Gasteiger partial charge in [-0.3, -0.25) is 0 Å². The predicted molar refractivity (Wildman–Crippen MR) is 133 cm³/mol. The predicted octanol–water partition coefficient (Wildman–Crippen LogP) is 6.12. The Morgan fingerprint density at radius 3 is 1.35 bits per heavy atom. The number of ether oxygens (including phenoxy) is 2. The highest BCUT2D eigenvalue weighted by Gasteiger charge is 2.27. The lowest BCUT2D eigenvalue weighted by atomic mass is 10.1.